The third-order valence-corrected chi connectivity index (χ3v) is 2.96. The summed E-state index contributed by atoms with van der Waals surface area (Å²) in [6.07, 6.45) is 0. The zero-order chi connectivity index (χ0) is 13.0. The molecule has 0 fully saturated rings. The predicted molar refractivity (Wildman–Crippen MR) is 69.6 cm³/mol. The van der Waals surface area contributed by atoms with Gasteiger partial charge in [0.15, 0.2) is 5.78 Å². The zero-order valence-corrected chi connectivity index (χ0v) is 11.0. The van der Waals surface area contributed by atoms with Gasteiger partial charge in [0.05, 0.1) is 12.7 Å². The standard InChI is InChI=1S/C14H21NO2/c1-9(2)11-5-6-12(13(7-11)17-4)14(16)10(3)8-15/h5-7,9-10H,8,15H2,1-4H3. The van der Waals surface area contributed by atoms with Gasteiger partial charge in [-0.1, -0.05) is 26.8 Å². The van der Waals surface area contributed by atoms with Crippen molar-refractivity contribution in [2.24, 2.45) is 11.7 Å². The van der Waals surface area contributed by atoms with Crippen LogP contribution in [0, 0.1) is 5.92 Å². The fourth-order valence-corrected chi connectivity index (χ4v) is 1.64. The average molecular weight is 235 g/mol. The second kappa shape index (κ2) is 5.82. The van der Waals surface area contributed by atoms with E-state index in [1.807, 2.05) is 25.1 Å². The summed E-state index contributed by atoms with van der Waals surface area (Å²) >= 11 is 0. The van der Waals surface area contributed by atoms with Crippen LogP contribution in [-0.4, -0.2) is 19.4 Å². The van der Waals surface area contributed by atoms with Gasteiger partial charge in [-0.3, -0.25) is 4.79 Å². The summed E-state index contributed by atoms with van der Waals surface area (Å²) in [6.45, 7) is 6.41. The first-order valence-electron chi connectivity index (χ1n) is 5.93. The highest BCUT2D eigenvalue weighted by Gasteiger charge is 2.18. The number of ketones is 1. The number of methoxy groups -OCH3 is 1. The van der Waals surface area contributed by atoms with Crippen molar-refractivity contribution in [3.8, 4) is 5.75 Å². The predicted octanol–water partition coefficient (Wildman–Crippen LogP) is 2.60. The molecule has 0 amide bonds. The molecule has 0 aliphatic carbocycles. The van der Waals surface area contributed by atoms with Crippen molar-refractivity contribution >= 4 is 5.78 Å². The maximum absolute atomic E-state index is 12.1. The van der Waals surface area contributed by atoms with E-state index in [0.29, 0.717) is 23.8 Å². The maximum atomic E-state index is 12.1. The molecule has 1 atom stereocenters. The highest BCUT2D eigenvalue weighted by Crippen LogP contribution is 2.26. The Morgan fingerprint density at radius 1 is 1.35 bits per heavy atom. The van der Waals surface area contributed by atoms with Crippen LogP contribution in [0.4, 0.5) is 0 Å². The molecule has 0 aromatic heterocycles. The molecular weight excluding hydrogens is 214 g/mol. The lowest BCUT2D eigenvalue weighted by Crippen LogP contribution is -2.21. The quantitative estimate of drug-likeness (QED) is 0.798. The van der Waals surface area contributed by atoms with Crippen LogP contribution < -0.4 is 10.5 Å². The molecule has 2 N–H and O–H groups in total. The molecule has 0 spiro atoms. The summed E-state index contributed by atoms with van der Waals surface area (Å²) in [7, 11) is 1.59. The van der Waals surface area contributed by atoms with Gasteiger partial charge in [-0.2, -0.15) is 0 Å². The van der Waals surface area contributed by atoms with E-state index >= 15 is 0 Å². The lowest BCUT2D eigenvalue weighted by Gasteiger charge is -2.14. The molecule has 17 heavy (non-hydrogen) atoms. The molecule has 1 aromatic carbocycles. The van der Waals surface area contributed by atoms with Crippen molar-refractivity contribution in [2.75, 3.05) is 13.7 Å². The third kappa shape index (κ3) is 3.07. The fraction of sp³-hybridized carbons (Fsp3) is 0.500. The van der Waals surface area contributed by atoms with Crippen LogP contribution in [0.1, 0.15) is 42.6 Å². The number of benzene rings is 1. The van der Waals surface area contributed by atoms with Gasteiger partial charge in [-0.25, -0.2) is 0 Å². The SMILES string of the molecule is COc1cc(C(C)C)ccc1C(=O)C(C)CN. The lowest BCUT2D eigenvalue weighted by molar-refractivity contribution is 0.0931. The van der Waals surface area contributed by atoms with Gasteiger partial charge in [0.25, 0.3) is 0 Å². The van der Waals surface area contributed by atoms with Gasteiger partial charge in [0.1, 0.15) is 5.75 Å². The van der Waals surface area contributed by atoms with Crippen molar-refractivity contribution in [1.29, 1.82) is 0 Å². The Hall–Kier alpha value is -1.35. The van der Waals surface area contributed by atoms with Gasteiger partial charge in [0, 0.05) is 12.5 Å². The minimum Gasteiger partial charge on any atom is -0.496 e. The topological polar surface area (TPSA) is 52.3 Å². The van der Waals surface area contributed by atoms with Crippen molar-refractivity contribution in [3.63, 3.8) is 0 Å². The Morgan fingerprint density at radius 2 is 2.00 bits per heavy atom. The minimum atomic E-state index is -0.172. The zero-order valence-electron chi connectivity index (χ0n) is 11.0. The number of Topliss-reactive ketones (excluding diaryl/α,β-unsaturated/α-hetero) is 1. The van der Waals surface area contributed by atoms with Crippen LogP contribution in [0.2, 0.25) is 0 Å². The first kappa shape index (κ1) is 13.7. The van der Waals surface area contributed by atoms with Crippen LogP contribution in [0.15, 0.2) is 18.2 Å². The number of carbonyl (C=O) groups is 1. The molecule has 0 bridgehead atoms. The molecule has 1 aromatic rings. The molecule has 0 radical (unpaired) electrons. The Balaban J connectivity index is 3.13. The van der Waals surface area contributed by atoms with E-state index < -0.39 is 0 Å². The van der Waals surface area contributed by atoms with Gasteiger partial charge in [-0.15, -0.1) is 0 Å². The number of rotatable bonds is 5. The monoisotopic (exact) mass is 235 g/mol. The van der Waals surface area contributed by atoms with Crippen LogP contribution in [0.5, 0.6) is 5.75 Å². The second-order valence-electron chi connectivity index (χ2n) is 4.62. The van der Waals surface area contributed by atoms with Gasteiger partial charge >= 0.3 is 0 Å². The molecule has 0 saturated carbocycles. The van der Waals surface area contributed by atoms with Gasteiger partial charge in [0.2, 0.25) is 0 Å². The molecule has 3 heteroatoms. The van der Waals surface area contributed by atoms with E-state index in [1.165, 1.54) is 5.56 Å². The average Bonchev–Trinajstić information content (AvgIpc) is 2.35. The van der Waals surface area contributed by atoms with E-state index in [9.17, 15) is 4.79 Å². The summed E-state index contributed by atoms with van der Waals surface area (Å²) in [6, 6.07) is 5.74. The summed E-state index contributed by atoms with van der Waals surface area (Å²) in [4.78, 5) is 12.1. The summed E-state index contributed by atoms with van der Waals surface area (Å²) in [5, 5.41) is 0. The summed E-state index contributed by atoms with van der Waals surface area (Å²) < 4.78 is 5.29. The summed E-state index contributed by atoms with van der Waals surface area (Å²) in [5.74, 6) is 0.926. The molecule has 94 valence electrons. The van der Waals surface area contributed by atoms with Crippen molar-refractivity contribution in [3.05, 3.63) is 29.3 Å². The van der Waals surface area contributed by atoms with E-state index in [-0.39, 0.29) is 11.7 Å². The van der Waals surface area contributed by atoms with Crippen LogP contribution in [0.25, 0.3) is 0 Å². The maximum Gasteiger partial charge on any atom is 0.170 e. The highest BCUT2D eigenvalue weighted by atomic mass is 16.5. The largest absolute Gasteiger partial charge is 0.496 e. The molecule has 0 aliphatic rings. The van der Waals surface area contributed by atoms with Crippen molar-refractivity contribution in [2.45, 2.75) is 26.7 Å². The molecule has 0 heterocycles. The van der Waals surface area contributed by atoms with E-state index in [4.69, 9.17) is 10.5 Å². The normalized spacial score (nSPS) is 12.6. The van der Waals surface area contributed by atoms with E-state index in [0.717, 1.165) is 0 Å². The van der Waals surface area contributed by atoms with E-state index in [2.05, 4.69) is 13.8 Å². The van der Waals surface area contributed by atoms with E-state index in [1.54, 1.807) is 7.11 Å². The first-order chi connectivity index (χ1) is 8.01. The second-order valence-corrected chi connectivity index (χ2v) is 4.62. The Kier molecular flexibility index (Phi) is 4.70. The molecule has 0 saturated heterocycles. The van der Waals surface area contributed by atoms with Crippen LogP contribution in [-0.2, 0) is 0 Å². The fourth-order valence-electron chi connectivity index (χ4n) is 1.64. The van der Waals surface area contributed by atoms with Crippen molar-refractivity contribution in [1.82, 2.24) is 0 Å². The number of carbonyl (C=O) groups excluding carboxylic acids is 1. The molecular formula is C14H21NO2. The number of nitrogens with two attached hydrogens (primary N) is 1. The molecule has 0 aliphatic heterocycles. The number of ether oxygens (including phenoxy) is 1. The smallest absolute Gasteiger partial charge is 0.170 e. The molecule has 3 nitrogen and oxygen atoms in total. The molecule has 1 unspecified atom stereocenters. The number of hydrogen-bond donors (Lipinski definition) is 1. The Morgan fingerprint density at radius 3 is 2.47 bits per heavy atom. The van der Waals surface area contributed by atoms with Crippen molar-refractivity contribution < 1.29 is 9.53 Å². The van der Waals surface area contributed by atoms with Crippen LogP contribution in [0.3, 0.4) is 0 Å². The third-order valence-electron chi connectivity index (χ3n) is 2.96. The first-order valence-corrected chi connectivity index (χ1v) is 5.93. The molecule has 1 rings (SSSR count). The van der Waals surface area contributed by atoms with Gasteiger partial charge < -0.3 is 10.5 Å². The summed E-state index contributed by atoms with van der Waals surface area (Å²) in [5.41, 5.74) is 7.30. The minimum absolute atomic E-state index is 0.0413. The van der Waals surface area contributed by atoms with Crippen LogP contribution >= 0.6 is 0 Å². The number of hydrogen-bond acceptors (Lipinski definition) is 3. The Bertz CT molecular complexity index is 399. The lowest BCUT2D eigenvalue weighted by atomic mass is 9.95. The highest BCUT2D eigenvalue weighted by molar-refractivity contribution is 6.00. The Labute approximate surface area is 103 Å². The van der Waals surface area contributed by atoms with Gasteiger partial charge in [-0.05, 0) is 23.6 Å².